The quantitative estimate of drug-likeness (QED) is 0.498. The minimum atomic E-state index is -2.65. The molecule has 0 spiro atoms. The molecule has 1 unspecified atom stereocenters. The monoisotopic (exact) mass is 408 g/mol. The van der Waals surface area contributed by atoms with Crippen LogP contribution in [0, 0.1) is 12.8 Å². The number of fused-ring (bicyclic) bond motifs is 2. The summed E-state index contributed by atoms with van der Waals surface area (Å²) in [6.45, 7) is 5.79. The van der Waals surface area contributed by atoms with E-state index in [0.29, 0.717) is 12.5 Å². The van der Waals surface area contributed by atoms with Crippen molar-refractivity contribution in [1.29, 1.82) is 0 Å². The summed E-state index contributed by atoms with van der Waals surface area (Å²) in [4.78, 5) is 15.0. The lowest BCUT2D eigenvalue weighted by Crippen LogP contribution is -2.39. The molecule has 2 atom stereocenters. The Morgan fingerprint density at radius 3 is 2.87 bits per heavy atom. The van der Waals surface area contributed by atoms with Crippen molar-refractivity contribution in [2.24, 2.45) is 5.92 Å². The van der Waals surface area contributed by atoms with Gasteiger partial charge in [0.1, 0.15) is 17.8 Å². The number of nitrogens with zero attached hydrogens (tertiary/aromatic N) is 6. The topological polar surface area (TPSA) is 59.2 Å². The molecule has 0 aliphatic carbocycles. The molecule has 6 nitrogen and oxygen atoms in total. The Morgan fingerprint density at radius 1 is 1.17 bits per heavy atom. The van der Waals surface area contributed by atoms with Gasteiger partial charge in [-0.15, -0.1) is 0 Å². The van der Waals surface area contributed by atoms with Crippen molar-refractivity contribution in [2.75, 3.05) is 18.0 Å². The minimum Gasteiger partial charge on any atom is -0.355 e. The molecule has 3 aromatic heterocycles. The summed E-state index contributed by atoms with van der Waals surface area (Å²) in [5, 5.41) is 6.55. The van der Waals surface area contributed by atoms with E-state index in [0.717, 1.165) is 35.2 Å². The molecular weight excluding hydrogens is 386 g/mol. The fraction of sp³-hybridized carbons (Fsp3) is 0.364. The van der Waals surface area contributed by atoms with E-state index in [1.54, 1.807) is 4.52 Å². The first-order valence-electron chi connectivity index (χ1n) is 10.1. The van der Waals surface area contributed by atoms with Crippen LogP contribution < -0.4 is 4.90 Å². The average molecular weight is 408 g/mol. The maximum Gasteiger partial charge on any atom is 0.280 e. The average Bonchev–Trinajstić information content (AvgIpc) is 3.22. The van der Waals surface area contributed by atoms with Gasteiger partial charge in [0.25, 0.3) is 12.2 Å². The Hall–Kier alpha value is -3.16. The van der Waals surface area contributed by atoms with E-state index in [1.807, 2.05) is 18.3 Å². The Balaban J connectivity index is 1.59. The van der Waals surface area contributed by atoms with E-state index in [4.69, 9.17) is 4.98 Å². The SMILES string of the molecule is Cc1cccc2ccnc(N3CC[C@@H](C)C(c4cc(C(F)F)nc5ncnn45)C3)c12. The van der Waals surface area contributed by atoms with Gasteiger partial charge in [0.15, 0.2) is 0 Å². The zero-order valence-corrected chi connectivity index (χ0v) is 16.8. The molecule has 4 aromatic rings. The van der Waals surface area contributed by atoms with Crippen LogP contribution in [0.2, 0.25) is 0 Å². The zero-order valence-electron chi connectivity index (χ0n) is 16.8. The van der Waals surface area contributed by atoms with Crippen LogP contribution in [0.3, 0.4) is 0 Å². The largest absolute Gasteiger partial charge is 0.355 e. The summed E-state index contributed by atoms with van der Waals surface area (Å²) >= 11 is 0. The van der Waals surface area contributed by atoms with Crippen LogP contribution in [0.5, 0.6) is 0 Å². The molecule has 30 heavy (non-hydrogen) atoms. The van der Waals surface area contributed by atoms with Gasteiger partial charge in [0, 0.05) is 30.6 Å². The number of hydrogen-bond donors (Lipinski definition) is 0. The lowest BCUT2D eigenvalue weighted by atomic mass is 9.84. The number of rotatable bonds is 3. The highest BCUT2D eigenvalue weighted by atomic mass is 19.3. The molecule has 1 aromatic carbocycles. The molecule has 1 aliphatic rings. The minimum absolute atomic E-state index is 0.00419. The third kappa shape index (κ3) is 3.07. The fourth-order valence-corrected chi connectivity index (χ4v) is 4.50. The highest BCUT2D eigenvalue weighted by molar-refractivity contribution is 5.94. The maximum absolute atomic E-state index is 13.5. The van der Waals surface area contributed by atoms with Crippen LogP contribution in [0.4, 0.5) is 14.6 Å². The van der Waals surface area contributed by atoms with Crippen LogP contribution in [-0.4, -0.2) is 37.7 Å². The number of alkyl halides is 2. The van der Waals surface area contributed by atoms with Crippen molar-refractivity contribution in [1.82, 2.24) is 24.6 Å². The maximum atomic E-state index is 13.5. The normalized spacial score (nSPS) is 19.8. The lowest BCUT2D eigenvalue weighted by Gasteiger charge is -2.38. The number of halogens is 2. The first-order chi connectivity index (χ1) is 14.5. The molecule has 0 radical (unpaired) electrons. The van der Waals surface area contributed by atoms with Crippen molar-refractivity contribution in [3.8, 4) is 0 Å². The van der Waals surface area contributed by atoms with Crippen LogP contribution in [0.25, 0.3) is 16.6 Å². The van der Waals surface area contributed by atoms with Gasteiger partial charge in [-0.05, 0) is 42.3 Å². The molecule has 8 heteroatoms. The van der Waals surface area contributed by atoms with Crippen LogP contribution in [0.1, 0.15) is 42.6 Å². The van der Waals surface area contributed by atoms with E-state index >= 15 is 0 Å². The third-order valence-electron chi connectivity index (χ3n) is 6.14. The second-order valence-electron chi connectivity index (χ2n) is 8.00. The Labute approximate surface area is 172 Å². The highest BCUT2D eigenvalue weighted by Gasteiger charge is 2.32. The number of benzene rings is 1. The molecule has 0 amide bonds. The van der Waals surface area contributed by atoms with Crippen molar-refractivity contribution >= 4 is 22.4 Å². The molecule has 0 N–H and O–H groups in total. The fourth-order valence-electron chi connectivity index (χ4n) is 4.50. The summed E-state index contributed by atoms with van der Waals surface area (Å²) in [6.07, 6.45) is 1.48. The Kier molecular flexibility index (Phi) is 4.56. The third-order valence-corrected chi connectivity index (χ3v) is 6.14. The molecule has 154 valence electrons. The van der Waals surface area contributed by atoms with Crippen LogP contribution in [0.15, 0.2) is 42.9 Å². The Morgan fingerprint density at radius 2 is 2.03 bits per heavy atom. The smallest absolute Gasteiger partial charge is 0.280 e. The van der Waals surface area contributed by atoms with Gasteiger partial charge in [0.2, 0.25) is 0 Å². The van der Waals surface area contributed by atoms with Gasteiger partial charge in [-0.3, -0.25) is 0 Å². The van der Waals surface area contributed by atoms with E-state index in [1.165, 1.54) is 18.0 Å². The zero-order chi connectivity index (χ0) is 20.8. The molecule has 1 aliphatic heterocycles. The number of pyridine rings is 1. The summed E-state index contributed by atoms with van der Waals surface area (Å²) < 4.78 is 28.5. The first kappa shape index (κ1) is 18.8. The molecular formula is C22H22F2N6. The summed E-state index contributed by atoms with van der Waals surface area (Å²) in [6, 6.07) is 9.74. The molecule has 1 fully saturated rings. The van der Waals surface area contributed by atoms with Gasteiger partial charge in [-0.1, -0.05) is 25.1 Å². The summed E-state index contributed by atoms with van der Waals surface area (Å²) in [7, 11) is 0. The lowest BCUT2D eigenvalue weighted by molar-refractivity contribution is 0.146. The van der Waals surface area contributed by atoms with Gasteiger partial charge in [-0.2, -0.15) is 10.1 Å². The molecule has 0 saturated carbocycles. The van der Waals surface area contributed by atoms with Gasteiger partial charge in [-0.25, -0.2) is 23.3 Å². The van der Waals surface area contributed by atoms with Gasteiger partial charge < -0.3 is 4.90 Å². The van der Waals surface area contributed by atoms with E-state index < -0.39 is 6.43 Å². The summed E-state index contributed by atoms with van der Waals surface area (Å²) in [5.74, 6) is 1.47. The van der Waals surface area contributed by atoms with E-state index in [-0.39, 0.29) is 17.4 Å². The highest BCUT2D eigenvalue weighted by Crippen LogP contribution is 2.37. The number of aromatic nitrogens is 5. The van der Waals surface area contributed by atoms with Gasteiger partial charge in [0.05, 0.1) is 5.69 Å². The molecule has 4 heterocycles. The van der Waals surface area contributed by atoms with Crippen LogP contribution >= 0.6 is 0 Å². The predicted octanol–water partition coefficient (Wildman–Crippen LogP) is 4.55. The first-order valence-corrected chi connectivity index (χ1v) is 10.1. The van der Waals surface area contributed by atoms with Crippen molar-refractivity contribution in [2.45, 2.75) is 32.6 Å². The van der Waals surface area contributed by atoms with Crippen molar-refractivity contribution in [3.63, 3.8) is 0 Å². The second kappa shape index (κ2) is 7.27. The number of piperidine rings is 1. The summed E-state index contributed by atoms with van der Waals surface area (Å²) in [5.41, 5.74) is 1.64. The van der Waals surface area contributed by atoms with Crippen molar-refractivity contribution in [3.05, 3.63) is 59.8 Å². The number of hydrogen-bond acceptors (Lipinski definition) is 5. The van der Waals surface area contributed by atoms with Crippen molar-refractivity contribution < 1.29 is 8.78 Å². The number of aryl methyl sites for hydroxylation is 1. The standard InChI is InChI=1S/C22H22F2N6/c1-13-7-9-29(21-19-14(2)4-3-5-15(19)6-8-25-21)11-16(13)18-10-17(20(23)24)28-22-26-12-27-30(18)22/h3-6,8,10,12-13,16,20H,7,9,11H2,1-2H3/t13-,16?/m1/s1. The molecule has 0 bridgehead atoms. The van der Waals surface area contributed by atoms with E-state index in [2.05, 4.69) is 45.9 Å². The Bertz CT molecular complexity index is 1220. The van der Waals surface area contributed by atoms with E-state index in [9.17, 15) is 8.78 Å². The molecule has 5 rings (SSSR count). The second-order valence-corrected chi connectivity index (χ2v) is 8.00. The van der Waals surface area contributed by atoms with Gasteiger partial charge >= 0.3 is 0 Å². The molecule has 1 saturated heterocycles. The predicted molar refractivity (Wildman–Crippen MR) is 111 cm³/mol. The van der Waals surface area contributed by atoms with Crippen LogP contribution in [-0.2, 0) is 0 Å². The number of anilines is 1.